The van der Waals surface area contributed by atoms with Gasteiger partial charge >= 0.3 is 5.97 Å². The summed E-state index contributed by atoms with van der Waals surface area (Å²) in [6, 6.07) is 14.6. The molecule has 0 saturated carbocycles. The lowest BCUT2D eigenvalue weighted by molar-refractivity contribution is -0.129. The first-order valence-electron chi connectivity index (χ1n) is 8.40. The molecule has 7 nitrogen and oxygen atoms in total. The smallest absolute Gasteiger partial charge is 0.363 e. The molecule has 142 valence electrons. The van der Waals surface area contributed by atoms with Crippen LogP contribution in [0.3, 0.4) is 0 Å². The molecule has 0 radical (unpaired) electrons. The minimum Gasteiger partial charge on any atom is -0.493 e. The average molecular weight is 378 g/mol. The van der Waals surface area contributed by atoms with Crippen molar-refractivity contribution in [2.45, 2.75) is 0 Å². The van der Waals surface area contributed by atoms with Crippen LogP contribution in [0, 0.1) is 0 Å². The Bertz CT molecular complexity index is 978. The highest BCUT2D eigenvalue weighted by atomic mass is 16.6. The zero-order valence-electron chi connectivity index (χ0n) is 15.1. The van der Waals surface area contributed by atoms with Crippen molar-refractivity contribution in [2.75, 3.05) is 13.7 Å². The van der Waals surface area contributed by atoms with Crippen LogP contribution in [0.1, 0.15) is 11.1 Å². The Kier molecular flexibility index (Phi) is 5.86. The van der Waals surface area contributed by atoms with E-state index < -0.39 is 11.9 Å². The van der Waals surface area contributed by atoms with E-state index in [1.165, 1.54) is 7.11 Å². The van der Waals surface area contributed by atoms with Gasteiger partial charge < -0.3 is 19.9 Å². The lowest BCUT2D eigenvalue weighted by Crippen LogP contribution is -2.20. The first-order chi connectivity index (χ1) is 13.5. The number of primary amides is 1. The number of nitrogens with two attached hydrogens (primary N) is 1. The Labute approximate surface area is 161 Å². The molecule has 1 heterocycles. The third-order valence-electron chi connectivity index (χ3n) is 3.72. The fraction of sp³-hybridized carbons (Fsp3) is 0.0952. The molecule has 1 aliphatic heterocycles. The van der Waals surface area contributed by atoms with Gasteiger partial charge in [-0.25, -0.2) is 9.79 Å². The van der Waals surface area contributed by atoms with Crippen molar-refractivity contribution in [3.05, 3.63) is 71.4 Å². The molecular weight excluding hydrogens is 360 g/mol. The summed E-state index contributed by atoms with van der Waals surface area (Å²) in [5.74, 6) is -0.149. The summed E-state index contributed by atoms with van der Waals surface area (Å²) in [4.78, 5) is 27.1. The summed E-state index contributed by atoms with van der Waals surface area (Å²) in [6.07, 6.45) is 5.02. The Morgan fingerprint density at radius 3 is 2.61 bits per heavy atom. The second-order valence-corrected chi connectivity index (χ2v) is 5.78. The monoisotopic (exact) mass is 378 g/mol. The van der Waals surface area contributed by atoms with E-state index in [9.17, 15) is 9.59 Å². The number of carbonyl (C=O) groups is 2. The maximum Gasteiger partial charge on any atom is 0.363 e. The number of cyclic esters (lactones) is 1. The van der Waals surface area contributed by atoms with Gasteiger partial charge in [0, 0.05) is 6.08 Å². The topological polar surface area (TPSA) is 100 Å². The molecule has 28 heavy (non-hydrogen) atoms. The molecule has 2 aromatic carbocycles. The van der Waals surface area contributed by atoms with Crippen LogP contribution in [0.4, 0.5) is 0 Å². The summed E-state index contributed by atoms with van der Waals surface area (Å²) in [5.41, 5.74) is 6.87. The quantitative estimate of drug-likeness (QED) is 0.590. The van der Waals surface area contributed by atoms with Crippen molar-refractivity contribution in [1.82, 2.24) is 0 Å². The van der Waals surface area contributed by atoms with Crippen molar-refractivity contribution >= 4 is 29.9 Å². The van der Waals surface area contributed by atoms with Crippen LogP contribution in [-0.4, -0.2) is 31.5 Å². The van der Waals surface area contributed by atoms with Gasteiger partial charge in [-0.3, -0.25) is 4.79 Å². The van der Waals surface area contributed by atoms with Gasteiger partial charge in [0.1, 0.15) is 0 Å². The normalized spacial score (nSPS) is 14.8. The van der Waals surface area contributed by atoms with Gasteiger partial charge in [-0.2, -0.15) is 0 Å². The highest BCUT2D eigenvalue weighted by molar-refractivity contribution is 6.11. The van der Waals surface area contributed by atoms with Crippen LogP contribution in [0.5, 0.6) is 11.5 Å². The SMILES string of the molecule is COc1cc(/C=C2N=C(/C=C/c3ccccc3)OC\2=O)ccc1OCC(N)=O. The number of amides is 1. The number of hydrogen-bond acceptors (Lipinski definition) is 6. The number of nitrogens with zero attached hydrogens (tertiary/aromatic N) is 1. The van der Waals surface area contributed by atoms with Crippen LogP contribution < -0.4 is 15.2 Å². The second-order valence-electron chi connectivity index (χ2n) is 5.78. The van der Waals surface area contributed by atoms with Crippen molar-refractivity contribution in [3.63, 3.8) is 0 Å². The number of carbonyl (C=O) groups excluding carboxylic acids is 2. The van der Waals surface area contributed by atoms with Crippen molar-refractivity contribution in [3.8, 4) is 11.5 Å². The van der Waals surface area contributed by atoms with Gasteiger partial charge in [0.05, 0.1) is 7.11 Å². The van der Waals surface area contributed by atoms with Crippen molar-refractivity contribution in [1.29, 1.82) is 0 Å². The first kappa shape index (κ1) is 18.9. The maximum atomic E-state index is 12.1. The Hall–Kier alpha value is -3.87. The number of esters is 1. The molecule has 0 bridgehead atoms. The molecule has 3 rings (SSSR count). The summed E-state index contributed by atoms with van der Waals surface area (Å²) in [6.45, 7) is -0.259. The largest absolute Gasteiger partial charge is 0.493 e. The van der Waals surface area contributed by atoms with Crippen LogP contribution in [0.2, 0.25) is 0 Å². The van der Waals surface area contributed by atoms with Gasteiger partial charge in [0.15, 0.2) is 23.8 Å². The Morgan fingerprint density at radius 2 is 1.89 bits per heavy atom. The molecule has 7 heteroatoms. The van der Waals surface area contributed by atoms with Gasteiger partial charge in [0.25, 0.3) is 5.91 Å². The minimum absolute atomic E-state index is 0.167. The van der Waals surface area contributed by atoms with E-state index in [1.54, 1.807) is 30.4 Å². The molecule has 2 N–H and O–H groups in total. The number of methoxy groups -OCH3 is 1. The van der Waals surface area contributed by atoms with E-state index in [2.05, 4.69) is 4.99 Å². The number of benzene rings is 2. The number of ether oxygens (including phenoxy) is 3. The summed E-state index contributed by atoms with van der Waals surface area (Å²) in [7, 11) is 1.47. The molecule has 0 aliphatic carbocycles. The van der Waals surface area contributed by atoms with Crippen LogP contribution >= 0.6 is 0 Å². The molecule has 0 atom stereocenters. The molecule has 0 unspecified atom stereocenters. The molecule has 0 aromatic heterocycles. The Morgan fingerprint density at radius 1 is 1.11 bits per heavy atom. The zero-order valence-corrected chi connectivity index (χ0v) is 15.1. The zero-order chi connectivity index (χ0) is 19.9. The van der Waals surface area contributed by atoms with E-state index in [1.807, 2.05) is 36.4 Å². The van der Waals surface area contributed by atoms with Crippen LogP contribution in [0.25, 0.3) is 12.2 Å². The number of hydrogen-bond donors (Lipinski definition) is 1. The Balaban J connectivity index is 1.78. The number of aliphatic imine (C=N–C) groups is 1. The predicted octanol–water partition coefficient (Wildman–Crippen LogP) is 2.57. The van der Waals surface area contributed by atoms with E-state index >= 15 is 0 Å². The van der Waals surface area contributed by atoms with Crippen LogP contribution in [-0.2, 0) is 14.3 Å². The summed E-state index contributed by atoms with van der Waals surface area (Å²) >= 11 is 0. The van der Waals surface area contributed by atoms with Gasteiger partial charge in [0.2, 0.25) is 5.90 Å². The molecule has 1 aliphatic rings. The van der Waals surface area contributed by atoms with Crippen molar-refractivity contribution in [2.24, 2.45) is 10.7 Å². The average Bonchev–Trinajstić information content (AvgIpc) is 3.05. The predicted molar refractivity (Wildman–Crippen MR) is 105 cm³/mol. The van der Waals surface area contributed by atoms with Gasteiger partial charge in [-0.1, -0.05) is 36.4 Å². The lowest BCUT2D eigenvalue weighted by Gasteiger charge is -2.09. The van der Waals surface area contributed by atoms with Crippen molar-refractivity contribution < 1.29 is 23.8 Å². The maximum absolute atomic E-state index is 12.1. The van der Waals surface area contributed by atoms with Crippen LogP contribution in [0.15, 0.2) is 65.3 Å². The lowest BCUT2D eigenvalue weighted by atomic mass is 10.1. The molecular formula is C21H18N2O5. The second kappa shape index (κ2) is 8.68. The minimum atomic E-state index is -0.590. The van der Waals surface area contributed by atoms with Gasteiger partial charge in [-0.15, -0.1) is 0 Å². The summed E-state index contributed by atoms with van der Waals surface area (Å²) < 4.78 is 15.7. The standard InChI is InChI=1S/C21H18N2O5/c1-26-18-12-15(7-9-17(18)27-13-19(22)24)11-16-21(25)28-20(23-16)10-8-14-5-3-2-4-6-14/h2-12H,13H2,1H3,(H2,22,24)/b10-8+,16-11-. The van der Waals surface area contributed by atoms with E-state index in [0.29, 0.717) is 17.1 Å². The van der Waals surface area contributed by atoms with Gasteiger partial charge in [-0.05, 0) is 35.4 Å². The van der Waals surface area contributed by atoms with E-state index in [4.69, 9.17) is 19.9 Å². The highest BCUT2D eigenvalue weighted by Gasteiger charge is 2.21. The third-order valence-corrected chi connectivity index (χ3v) is 3.72. The molecule has 0 fully saturated rings. The summed E-state index contributed by atoms with van der Waals surface area (Å²) in [5, 5.41) is 0. The highest BCUT2D eigenvalue weighted by Crippen LogP contribution is 2.29. The van der Waals surface area contributed by atoms with E-state index in [-0.39, 0.29) is 18.2 Å². The fourth-order valence-electron chi connectivity index (χ4n) is 2.43. The molecule has 2 aromatic rings. The number of rotatable bonds is 7. The first-order valence-corrected chi connectivity index (χ1v) is 8.40. The third kappa shape index (κ3) is 4.85. The molecule has 1 amide bonds. The fourth-order valence-corrected chi connectivity index (χ4v) is 2.43. The molecule has 0 spiro atoms. The van der Waals surface area contributed by atoms with E-state index in [0.717, 1.165) is 5.56 Å². The molecule has 0 saturated heterocycles.